The van der Waals surface area contributed by atoms with Gasteiger partial charge in [0.15, 0.2) is 0 Å². The number of carbonyl (C=O) groups is 1. The quantitative estimate of drug-likeness (QED) is 0.882. The Hall–Kier alpha value is -1.84. The number of nitrogens with zero attached hydrogens (tertiary/aromatic N) is 2. The van der Waals surface area contributed by atoms with Crippen LogP contribution < -0.4 is 0 Å². The second kappa shape index (κ2) is 3.87. The Balaban J connectivity index is 2.43. The molecule has 1 aromatic carbocycles. The number of carboxylic acid groups (broad SMARTS) is 1. The molecule has 0 radical (unpaired) electrons. The zero-order valence-corrected chi connectivity index (χ0v) is 10.3. The molecule has 4 nitrogen and oxygen atoms in total. The third-order valence-electron chi connectivity index (χ3n) is 3.06. The molecular weight excluding hydrogens is 216 g/mol. The predicted molar refractivity (Wildman–Crippen MR) is 65.8 cm³/mol. The van der Waals surface area contributed by atoms with E-state index in [1.54, 1.807) is 13.8 Å². The molecule has 0 spiro atoms. The topological polar surface area (TPSA) is 55.1 Å². The summed E-state index contributed by atoms with van der Waals surface area (Å²) in [6, 6.07) is 7.81. The zero-order valence-electron chi connectivity index (χ0n) is 10.3. The molecule has 1 heterocycles. The number of rotatable bonds is 3. The minimum Gasteiger partial charge on any atom is -0.481 e. The summed E-state index contributed by atoms with van der Waals surface area (Å²) in [6.45, 7) is 3.43. The van der Waals surface area contributed by atoms with E-state index in [4.69, 9.17) is 5.11 Å². The third-order valence-corrected chi connectivity index (χ3v) is 3.06. The lowest BCUT2D eigenvalue weighted by Gasteiger charge is -2.18. The van der Waals surface area contributed by atoms with Crippen LogP contribution in [0.3, 0.4) is 0 Å². The number of aryl methyl sites for hydroxylation is 1. The van der Waals surface area contributed by atoms with Crippen LogP contribution in [-0.4, -0.2) is 20.6 Å². The smallest absolute Gasteiger partial charge is 0.309 e. The molecule has 1 N–H and O–H groups in total. The van der Waals surface area contributed by atoms with Crippen molar-refractivity contribution < 1.29 is 9.90 Å². The predicted octanol–water partition coefficient (Wildman–Crippen LogP) is 2.23. The molecule has 4 heteroatoms. The zero-order chi connectivity index (χ0) is 12.6. The normalized spacial score (nSPS) is 11.9. The van der Waals surface area contributed by atoms with Crippen molar-refractivity contribution in [1.29, 1.82) is 0 Å². The van der Waals surface area contributed by atoms with Crippen molar-refractivity contribution in [2.75, 3.05) is 0 Å². The fraction of sp³-hybridized carbons (Fsp3) is 0.385. The van der Waals surface area contributed by atoms with Gasteiger partial charge in [0.05, 0.1) is 16.4 Å². The van der Waals surface area contributed by atoms with Gasteiger partial charge in [0.25, 0.3) is 0 Å². The van der Waals surface area contributed by atoms with Crippen LogP contribution in [0, 0.1) is 5.41 Å². The first-order valence-corrected chi connectivity index (χ1v) is 5.55. The van der Waals surface area contributed by atoms with Gasteiger partial charge in [-0.2, -0.15) is 0 Å². The van der Waals surface area contributed by atoms with Gasteiger partial charge in [-0.3, -0.25) is 4.79 Å². The first kappa shape index (κ1) is 11.6. The van der Waals surface area contributed by atoms with Gasteiger partial charge in [-0.25, -0.2) is 4.98 Å². The van der Waals surface area contributed by atoms with Gasteiger partial charge in [0.1, 0.15) is 5.82 Å². The van der Waals surface area contributed by atoms with E-state index in [-0.39, 0.29) is 0 Å². The molecule has 0 bridgehead atoms. The maximum absolute atomic E-state index is 11.1. The number of aromatic nitrogens is 2. The van der Waals surface area contributed by atoms with Crippen molar-refractivity contribution in [1.82, 2.24) is 9.55 Å². The highest BCUT2D eigenvalue weighted by Crippen LogP contribution is 2.23. The summed E-state index contributed by atoms with van der Waals surface area (Å²) in [5.74, 6) is 0.00292. The molecule has 0 fully saturated rings. The van der Waals surface area contributed by atoms with Gasteiger partial charge in [0, 0.05) is 13.5 Å². The summed E-state index contributed by atoms with van der Waals surface area (Å²) < 4.78 is 1.96. The Morgan fingerprint density at radius 1 is 1.41 bits per heavy atom. The Morgan fingerprint density at radius 3 is 2.65 bits per heavy atom. The fourth-order valence-corrected chi connectivity index (χ4v) is 1.82. The van der Waals surface area contributed by atoms with Gasteiger partial charge in [0.2, 0.25) is 0 Å². The van der Waals surface area contributed by atoms with E-state index in [9.17, 15) is 4.79 Å². The maximum atomic E-state index is 11.1. The number of benzene rings is 1. The second-order valence-corrected chi connectivity index (χ2v) is 4.94. The van der Waals surface area contributed by atoms with Gasteiger partial charge in [-0.05, 0) is 26.0 Å². The number of hydrogen-bond acceptors (Lipinski definition) is 2. The van der Waals surface area contributed by atoms with E-state index >= 15 is 0 Å². The molecule has 0 unspecified atom stereocenters. The van der Waals surface area contributed by atoms with Crippen molar-refractivity contribution in [3.63, 3.8) is 0 Å². The van der Waals surface area contributed by atoms with Crippen molar-refractivity contribution in [2.24, 2.45) is 12.5 Å². The second-order valence-electron chi connectivity index (χ2n) is 4.94. The molecule has 90 valence electrons. The van der Waals surface area contributed by atoms with E-state index < -0.39 is 11.4 Å². The van der Waals surface area contributed by atoms with E-state index in [0.717, 1.165) is 16.9 Å². The van der Waals surface area contributed by atoms with E-state index in [0.29, 0.717) is 6.42 Å². The fourth-order valence-electron chi connectivity index (χ4n) is 1.82. The Labute approximate surface area is 99.9 Å². The molecule has 2 rings (SSSR count). The maximum Gasteiger partial charge on any atom is 0.309 e. The monoisotopic (exact) mass is 232 g/mol. The number of aliphatic carboxylic acids is 1. The Morgan fingerprint density at radius 2 is 2.06 bits per heavy atom. The lowest BCUT2D eigenvalue weighted by atomic mass is 9.89. The van der Waals surface area contributed by atoms with Crippen LogP contribution in [0.4, 0.5) is 0 Å². The van der Waals surface area contributed by atoms with Crippen LogP contribution in [0.1, 0.15) is 19.7 Å². The summed E-state index contributed by atoms with van der Waals surface area (Å²) >= 11 is 0. The minimum absolute atomic E-state index is 0.424. The number of hydrogen-bond donors (Lipinski definition) is 1. The molecule has 2 aromatic rings. The van der Waals surface area contributed by atoms with Crippen molar-refractivity contribution >= 4 is 17.0 Å². The van der Waals surface area contributed by atoms with E-state index in [2.05, 4.69) is 4.98 Å². The molecule has 0 aliphatic heterocycles. The number of fused-ring (bicyclic) bond motifs is 1. The molecule has 0 atom stereocenters. The highest BCUT2D eigenvalue weighted by atomic mass is 16.4. The number of imidazole rings is 1. The van der Waals surface area contributed by atoms with Crippen molar-refractivity contribution in [3.05, 3.63) is 30.1 Å². The van der Waals surface area contributed by atoms with Gasteiger partial charge < -0.3 is 9.67 Å². The molecule has 0 amide bonds. The highest BCUT2D eigenvalue weighted by Gasteiger charge is 2.29. The third kappa shape index (κ3) is 2.02. The van der Waals surface area contributed by atoms with E-state index in [1.807, 2.05) is 35.9 Å². The van der Waals surface area contributed by atoms with Crippen molar-refractivity contribution in [2.45, 2.75) is 20.3 Å². The van der Waals surface area contributed by atoms with Gasteiger partial charge in [-0.1, -0.05) is 12.1 Å². The van der Waals surface area contributed by atoms with Crippen molar-refractivity contribution in [3.8, 4) is 0 Å². The van der Waals surface area contributed by atoms with Crippen LogP contribution in [0.2, 0.25) is 0 Å². The molecule has 0 saturated heterocycles. The van der Waals surface area contributed by atoms with Crippen LogP contribution >= 0.6 is 0 Å². The average molecular weight is 232 g/mol. The number of carboxylic acids is 1. The summed E-state index contributed by atoms with van der Waals surface area (Å²) in [4.78, 5) is 15.6. The Kier molecular flexibility index (Phi) is 2.65. The van der Waals surface area contributed by atoms with Crippen LogP contribution in [0.15, 0.2) is 24.3 Å². The summed E-state index contributed by atoms with van der Waals surface area (Å²) in [7, 11) is 1.92. The standard InChI is InChI=1S/C13H16N2O2/c1-13(2,12(16)17)8-11-14-9-6-4-5-7-10(9)15(11)3/h4-7H,8H2,1-3H3,(H,16,17). The van der Waals surface area contributed by atoms with Gasteiger partial charge >= 0.3 is 5.97 Å². The molecule has 0 aliphatic rings. The van der Waals surface area contributed by atoms with E-state index in [1.165, 1.54) is 0 Å². The van der Waals surface area contributed by atoms with Crippen LogP contribution in [0.25, 0.3) is 11.0 Å². The molecule has 0 aliphatic carbocycles. The summed E-state index contributed by atoms with van der Waals surface area (Å²) in [5, 5.41) is 9.13. The summed E-state index contributed by atoms with van der Waals surface area (Å²) in [6.07, 6.45) is 0.424. The molecule has 17 heavy (non-hydrogen) atoms. The highest BCUT2D eigenvalue weighted by molar-refractivity contribution is 5.77. The SMILES string of the molecule is Cn1c(CC(C)(C)C(=O)O)nc2ccccc21. The van der Waals surface area contributed by atoms with Crippen LogP contribution in [0.5, 0.6) is 0 Å². The first-order valence-electron chi connectivity index (χ1n) is 5.55. The Bertz CT molecular complexity index is 570. The minimum atomic E-state index is -0.801. The average Bonchev–Trinajstić information content (AvgIpc) is 2.56. The summed E-state index contributed by atoms with van der Waals surface area (Å²) in [5.41, 5.74) is 1.14. The molecule has 0 saturated carbocycles. The first-order chi connectivity index (χ1) is 7.92. The molecule has 1 aromatic heterocycles. The lowest BCUT2D eigenvalue weighted by molar-refractivity contribution is -0.146. The van der Waals surface area contributed by atoms with Gasteiger partial charge in [-0.15, -0.1) is 0 Å². The van der Waals surface area contributed by atoms with Crippen LogP contribution in [-0.2, 0) is 18.3 Å². The molecular formula is C13H16N2O2. The lowest BCUT2D eigenvalue weighted by Crippen LogP contribution is -2.27. The number of para-hydroxylation sites is 2. The largest absolute Gasteiger partial charge is 0.481 e.